The van der Waals surface area contributed by atoms with Crippen molar-refractivity contribution in [3.63, 3.8) is 0 Å². The molecule has 0 aromatic heterocycles. The summed E-state index contributed by atoms with van der Waals surface area (Å²) in [5.41, 5.74) is 1.28. The van der Waals surface area contributed by atoms with Crippen molar-refractivity contribution in [2.24, 2.45) is 11.3 Å². The van der Waals surface area contributed by atoms with Gasteiger partial charge in [0.1, 0.15) is 5.82 Å². The first-order valence-corrected chi connectivity index (χ1v) is 6.26. The van der Waals surface area contributed by atoms with E-state index in [9.17, 15) is 4.39 Å². The van der Waals surface area contributed by atoms with Crippen molar-refractivity contribution in [3.05, 3.63) is 35.6 Å². The molecule has 1 saturated carbocycles. The number of halogens is 2. The Morgan fingerprint density at radius 1 is 1.28 bits per heavy atom. The minimum absolute atomic E-state index is 0. The Kier molecular flexibility index (Phi) is 3.94. The van der Waals surface area contributed by atoms with E-state index in [0.717, 1.165) is 18.7 Å². The van der Waals surface area contributed by atoms with Gasteiger partial charge in [0.25, 0.3) is 0 Å². The van der Waals surface area contributed by atoms with Gasteiger partial charge in [0.05, 0.1) is 0 Å². The molecule has 1 atom stereocenters. The maximum Gasteiger partial charge on any atom is 0.124 e. The Labute approximate surface area is 114 Å². The molecule has 0 radical (unpaired) electrons. The minimum atomic E-state index is -0.204. The molecule has 2 aliphatic rings. The summed E-state index contributed by atoms with van der Waals surface area (Å²) in [6.45, 7) is 2.25. The van der Waals surface area contributed by atoms with E-state index >= 15 is 0 Å². The fourth-order valence-corrected chi connectivity index (χ4v) is 2.77. The lowest BCUT2D eigenvalue weighted by atomic mass is 9.92. The van der Waals surface area contributed by atoms with Gasteiger partial charge in [-0.2, -0.15) is 0 Å². The third-order valence-corrected chi connectivity index (χ3v) is 4.00. The van der Waals surface area contributed by atoms with Crippen molar-refractivity contribution in [2.45, 2.75) is 19.3 Å². The van der Waals surface area contributed by atoms with Crippen molar-refractivity contribution in [3.8, 4) is 11.8 Å². The Morgan fingerprint density at radius 2 is 2.06 bits per heavy atom. The van der Waals surface area contributed by atoms with Crippen LogP contribution in [0.1, 0.15) is 24.8 Å². The lowest BCUT2D eigenvalue weighted by Crippen LogP contribution is -2.29. The predicted molar refractivity (Wildman–Crippen MR) is 73.2 cm³/mol. The maximum atomic E-state index is 13.0. The van der Waals surface area contributed by atoms with Gasteiger partial charge in [0.2, 0.25) is 0 Å². The second kappa shape index (κ2) is 5.30. The largest absolute Gasteiger partial charge is 0.317 e. The van der Waals surface area contributed by atoms with Crippen LogP contribution in [0.4, 0.5) is 4.39 Å². The number of hydrogen-bond acceptors (Lipinski definition) is 1. The first kappa shape index (κ1) is 13.4. The Bertz CT molecular complexity index is 483. The van der Waals surface area contributed by atoms with E-state index in [0.29, 0.717) is 11.3 Å². The fraction of sp³-hybridized carbons (Fsp3) is 0.467. The molecule has 1 heterocycles. The Balaban J connectivity index is 0.00000120. The van der Waals surface area contributed by atoms with E-state index < -0.39 is 0 Å². The van der Waals surface area contributed by atoms with Crippen molar-refractivity contribution >= 4 is 12.4 Å². The SMILES string of the molecule is Cl.Fc1cccc(C#CC2CC23CCNCC3)c1. The molecule has 1 aromatic carbocycles. The van der Waals surface area contributed by atoms with Gasteiger partial charge >= 0.3 is 0 Å². The van der Waals surface area contributed by atoms with Crippen molar-refractivity contribution in [1.82, 2.24) is 5.32 Å². The summed E-state index contributed by atoms with van der Waals surface area (Å²) >= 11 is 0. The van der Waals surface area contributed by atoms with E-state index in [1.807, 2.05) is 6.07 Å². The summed E-state index contributed by atoms with van der Waals surface area (Å²) in [5.74, 6) is 6.76. The monoisotopic (exact) mass is 265 g/mol. The predicted octanol–water partition coefficient (Wildman–Crippen LogP) is 2.99. The van der Waals surface area contributed by atoms with Crippen LogP contribution in [-0.4, -0.2) is 13.1 Å². The Hall–Kier alpha value is -1.04. The van der Waals surface area contributed by atoms with Crippen LogP contribution in [-0.2, 0) is 0 Å². The highest BCUT2D eigenvalue weighted by Crippen LogP contribution is 2.58. The summed E-state index contributed by atoms with van der Waals surface area (Å²) in [4.78, 5) is 0. The fourth-order valence-electron chi connectivity index (χ4n) is 2.77. The lowest BCUT2D eigenvalue weighted by Gasteiger charge is -2.22. The van der Waals surface area contributed by atoms with Crippen LogP contribution in [0.3, 0.4) is 0 Å². The molecule has 1 nitrogen and oxygen atoms in total. The molecule has 96 valence electrons. The standard InChI is InChI=1S/C15H16FN.ClH/c16-14-3-1-2-12(10-14)4-5-13-11-15(13)6-8-17-9-7-15;/h1-3,10,13,17H,6-9,11H2;1H. The zero-order valence-electron chi connectivity index (χ0n) is 10.2. The van der Waals surface area contributed by atoms with Gasteiger partial charge in [0, 0.05) is 11.5 Å². The van der Waals surface area contributed by atoms with Crippen LogP contribution in [0.25, 0.3) is 0 Å². The van der Waals surface area contributed by atoms with Crippen LogP contribution in [0.15, 0.2) is 24.3 Å². The van der Waals surface area contributed by atoms with Crippen LogP contribution in [0.2, 0.25) is 0 Å². The first-order chi connectivity index (χ1) is 8.28. The quantitative estimate of drug-likeness (QED) is 0.711. The number of benzene rings is 1. The first-order valence-electron chi connectivity index (χ1n) is 6.26. The molecule has 1 N–H and O–H groups in total. The van der Waals surface area contributed by atoms with E-state index in [1.54, 1.807) is 6.07 Å². The molecule has 0 amide bonds. The molecule has 18 heavy (non-hydrogen) atoms. The molecular weight excluding hydrogens is 249 g/mol. The summed E-state index contributed by atoms with van der Waals surface area (Å²) in [6.07, 6.45) is 3.72. The maximum absolute atomic E-state index is 13.0. The van der Waals surface area contributed by atoms with Gasteiger partial charge < -0.3 is 5.32 Å². The highest BCUT2D eigenvalue weighted by atomic mass is 35.5. The average molecular weight is 266 g/mol. The van der Waals surface area contributed by atoms with Crippen molar-refractivity contribution in [1.29, 1.82) is 0 Å². The van der Waals surface area contributed by atoms with Crippen LogP contribution in [0.5, 0.6) is 0 Å². The molecule has 1 aromatic rings. The van der Waals surface area contributed by atoms with Crippen LogP contribution < -0.4 is 5.32 Å². The third kappa shape index (κ3) is 2.68. The summed E-state index contributed by atoms with van der Waals surface area (Å²) in [7, 11) is 0. The second-order valence-corrected chi connectivity index (χ2v) is 5.15. The molecule has 2 fully saturated rings. The van der Waals surface area contributed by atoms with Crippen LogP contribution in [0, 0.1) is 29.0 Å². The number of rotatable bonds is 0. The molecular formula is C15H17ClFN. The van der Waals surface area contributed by atoms with Crippen LogP contribution >= 0.6 is 12.4 Å². The molecule has 0 bridgehead atoms. The highest BCUT2D eigenvalue weighted by molar-refractivity contribution is 5.85. The Morgan fingerprint density at radius 3 is 2.78 bits per heavy atom. The molecule has 1 aliphatic carbocycles. The minimum Gasteiger partial charge on any atom is -0.317 e. The van der Waals surface area contributed by atoms with E-state index in [1.165, 1.54) is 31.4 Å². The van der Waals surface area contributed by atoms with Crippen molar-refractivity contribution < 1.29 is 4.39 Å². The zero-order valence-corrected chi connectivity index (χ0v) is 11.0. The van der Waals surface area contributed by atoms with Crippen molar-refractivity contribution in [2.75, 3.05) is 13.1 Å². The highest BCUT2D eigenvalue weighted by Gasteiger charge is 2.52. The molecule has 1 aliphatic heterocycles. The number of nitrogens with one attached hydrogen (secondary N) is 1. The average Bonchev–Trinajstić information content (AvgIpc) is 3.00. The summed E-state index contributed by atoms with van der Waals surface area (Å²) < 4.78 is 13.0. The molecule has 1 spiro atoms. The lowest BCUT2D eigenvalue weighted by molar-refractivity contribution is 0.339. The van der Waals surface area contributed by atoms with Gasteiger partial charge in [-0.15, -0.1) is 12.4 Å². The smallest absolute Gasteiger partial charge is 0.124 e. The van der Waals surface area contributed by atoms with E-state index in [-0.39, 0.29) is 18.2 Å². The topological polar surface area (TPSA) is 12.0 Å². The number of piperidine rings is 1. The number of hydrogen-bond donors (Lipinski definition) is 1. The summed E-state index contributed by atoms with van der Waals surface area (Å²) in [6, 6.07) is 6.54. The molecule has 3 rings (SSSR count). The van der Waals surface area contributed by atoms with Gasteiger partial charge in [-0.1, -0.05) is 17.9 Å². The second-order valence-electron chi connectivity index (χ2n) is 5.15. The molecule has 3 heteroatoms. The summed E-state index contributed by atoms with van der Waals surface area (Å²) in [5, 5.41) is 3.38. The van der Waals surface area contributed by atoms with Gasteiger partial charge in [-0.3, -0.25) is 0 Å². The third-order valence-electron chi connectivity index (χ3n) is 4.00. The molecule has 1 unspecified atom stereocenters. The normalized spacial score (nSPS) is 23.7. The van der Waals surface area contributed by atoms with Gasteiger partial charge in [-0.25, -0.2) is 4.39 Å². The van der Waals surface area contributed by atoms with Gasteiger partial charge in [-0.05, 0) is 56.0 Å². The van der Waals surface area contributed by atoms with E-state index in [2.05, 4.69) is 17.2 Å². The van der Waals surface area contributed by atoms with Gasteiger partial charge in [0.15, 0.2) is 0 Å². The molecule has 1 saturated heterocycles. The van der Waals surface area contributed by atoms with E-state index in [4.69, 9.17) is 0 Å². The zero-order chi connectivity index (χ0) is 11.7.